The van der Waals surface area contributed by atoms with Gasteiger partial charge in [-0.15, -0.1) is 10.2 Å². The molecule has 0 unspecified atom stereocenters. The summed E-state index contributed by atoms with van der Waals surface area (Å²) in [5, 5.41) is 13.4. The van der Waals surface area contributed by atoms with Gasteiger partial charge in [-0.3, -0.25) is 4.79 Å². The van der Waals surface area contributed by atoms with Crippen molar-refractivity contribution in [2.24, 2.45) is 5.10 Å². The van der Waals surface area contributed by atoms with E-state index in [1.807, 2.05) is 6.07 Å². The van der Waals surface area contributed by atoms with Crippen LogP contribution in [0.15, 0.2) is 64.1 Å². The molecule has 1 aromatic heterocycles. The van der Waals surface area contributed by atoms with Crippen molar-refractivity contribution in [2.75, 3.05) is 12.1 Å². The molecule has 1 aliphatic rings. The zero-order chi connectivity index (χ0) is 21.8. The molecule has 0 bridgehead atoms. The minimum Gasteiger partial charge on any atom is -0.497 e. The number of amides is 1. The third kappa shape index (κ3) is 4.45. The fourth-order valence-electron chi connectivity index (χ4n) is 3.00. The monoisotopic (exact) mass is 420 g/mol. The van der Waals surface area contributed by atoms with Crippen molar-refractivity contribution in [1.82, 2.24) is 10.2 Å². The van der Waals surface area contributed by atoms with Crippen LogP contribution < -0.4 is 9.75 Å². The number of aromatic nitrogens is 2. The third-order valence-electron chi connectivity index (χ3n) is 4.68. The summed E-state index contributed by atoms with van der Waals surface area (Å²) < 4.78 is 16.2. The summed E-state index contributed by atoms with van der Waals surface area (Å²) in [6.07, 6.45) is -0.411. The van der Waals surface area contributed by atoms with Gasteiger partial charge in [-0.05, 0) is 43.3 Å². The number of anilines is 1. The predicted molar refractivity (Wildman–Crippen MR) is 111 cm³/mol. The average Bonchev–Trinajstić information content (AvgIpc) is 3.30. The molecule has 3 aromatic rings. The maximum atomic E-state index is 12.6. The van der Waals surface area contributed by atoms with E-state index in [4.69, 9.17) is 13.9 Å². The fourth-order valence-corrected chi connectivity index (χ4v) is 3.00. The summed E-state index contributed by atoms with van der Waals surface area (Å²) in [7, 11) is 1.58. The van der Waals surface area contributed by atoms with Gasteiger partial charge in [-0.25, -0.2) is 9.80 Å². The van der Waals surface area contributed by atoms with Crippen molar-refractivity contribution in [3.63, 3.8) is 0 Å². The number of carbonyl (C=O) groups excluding carboxylic acids is 2. The molecule has 0 fully saturated rings. The van der Waals surface area contributed by atoms with Crippen LogP contribution >= 0.6 is 0 Å². The Labute approximate surface area is 178 Å². The summed E-state index contributed by atoms with van der Waals surface area (Å²) in [5.41, 5.74) is 1.46. The zero-order valence-corrected chi connectivity index (χ0v) is 17.0. The summed E-state index contributed by atoms with van der Waals surface area (Å²) in [6.45, 7) is 1.63. The molecule has 2 heterocycles. The predicted octanol–water partition coefficient (Wildman–Crippen LogP) is 3.53. The first-order valence-corrected chi connectivity index (χ1v) is 9.69. The molecule has 1 atom stereocenters. The Balaban J connectivity index is 1.46. The number of methoxy groups -OCH3 is 1. The van der Waals surface area contributed by atoms with Crippen LogP contribution in [-0.4, -0.2) is 34.9 Å². The van der Waals surface area contributed by atoms with Crippen molar-refractivity contribution in [1.29, 1.82) is 0 Å². The van der Waals surface area contributed by atoms with Gasteiger partial charge in [0.05, 0.1) is 12.8 Å². The van der Waals surface area contributed by atoms with Crippen molar-refractivity contribution in [3.8, 4) is 17.2 Å². The molecule has 31 heavy (non-hydrogen) atoms. The average molecular weight is 420 g/mol. The fraction of sp³-hybridized carbons (Fsp3) is 0.227. The molecule has 2 aromatic carbocycles. The molecule has 4 rings (SSSR count). The van der Waals surface area contributed by atoms with Gasteiger partial charge in [0.1, 0.15) is 11.5 Å². The van der Waals surface area contributed by atoms with Crippen LogP contribution in [0.4, 0.5) is 5.69 Å². The second kappa shape index (κ2) is 8.78. The normalized spacial score (nSPS) is 14.7. The molecular formula is C22H20N4O5. The Kier molecular flexibility index (Phi) is 5.74. The van der Waals surface area contributed by atoms with Crippen LogP contribution in [-0.2, 0) is 14.3 Å². The first-order chi connectivity index (χ1) is 15.0. The highest BCUT2D eigenvalue weighted by Crippen LogP contribution is 2.25. The molecular weight excluding hydrogens is 400 g/mol. The van der Waals surface area contributed by atoms with Crippen LogP contribution in [0.3, 0.4) is 0 Å². The number of hydrazone groups is 1. The summed E-state index contributed by atoms with van der Waals surface area (Å²) in [6, 6.07) is 16.1. The van der Waals surface area contributed by atoms with Gasteiger partial charge in [0.15, 0.2) is 6.10 Å². The number of benzene rings is 2. The van der Waals surface area contributed by atoms with E-state index in [1.54, 1.807) is 62.6 Å². The van der Waals surface area contributed by atoms with Gasteiger partial charge in [0.25, 0.3) is 5.89 Å². The third-order valence-corrected chi connectivity index (χ3v) is 4.68. The van der Waals surface area contributed by atoms with Crippen LogP contribution in [0.2, 0.25) is 0 Å². The Hall–Kier alpha value is -4.01. The maximum Gasteiger partial charge on any atom is 0.355 e. The van der Waals surface area contributed by atoms with Gasteiger partial charge in [-0.2, -0.15) is 5.10 Å². The highest BCUT2D eigenvalue weighted by molar-refractivity contribution is 6.38. The van der Waals surface area contributed by atoms with E-state index >= 15 is 0 Å². The molecule has 0 radical (unpaired) electrons. The number of esters is 1. The SMILES string of the molecule is COc1ccc(-c2nnc([C@@H](C)OC(=O)C3=NN(c4ccccc4)C(=O)CC3)o2)cc1. The summed E-state index contributed by atoms with van der Waals surface area (Å²) in [4.78, 5) is 24.8. The van der Waals surface area contributed by atoms with Gasteiger partial charge in [0.2, 0.25) is 11.8 Å². The van der Waals surface area contributed by atoms with Gasteiger partial charge < -0.3 is 13.9 Å². The quantitative estimate of drug-likeness (QED) is 0.561. The minimum absolute atomic E-state index is 0.158. The van der Waals surface area contributed by atoms with Crippen molar-refractivity contribution in [2.45, 2.75) is 25.9 Å². The van der Waals surface area contributed by atoms with E-state index in [2.05, 4.69) is 15.3 Å². The number of hydrogen-bond donors (Lipinski definition) is 0. The van der Waals surface area contributed by atoms with E-state index < -0.39 is 12.1 Å². The topological polar surface area (TPSA) is 107 Å². The largest absolute Gasteiger partial charge is 0.497 e. The van der Waals surface area contributed by atoms with E-state index in [-0.39, 0.29) is 30.4 Å². The molecule has 9 heteroatoms. The van der Waals surface area contributed by atoms with E-state index in [0.717, 1.165) is 0 Å². The molecule has 0 spiro atoms. The number of para-hydroxylation sites is 1. The Bertz CT molecular complexity index is 1110. The van der Waals surface area contributed by atoms with Gasteiger partial charge in [0, 0.05) is 18.4 Å². The van der Waals surface area contributed by atoms with E-state index in [0.29, 0.717) is 22.9 Å². The standard InChI is InChI=1S/C22H20N4O5/c1-14(20-23-24-21(31-20)15-8-10-17(29-2)11-9-15)30-22(28)18-12-13-19(27)26(25-18)16-6-4-3-5-7-16/h3-11,14H,12-13H2,1-2H3/t14-/m1/s1. The maximum absolute atomic E-state index is 12.6. The molecule has 9 nitrogen and oxygen atoms in total. The van der Waals surface area contributed by atoms with Crippen LogP contribution in [0.25, 0.3) is 11.5 Å². The number of carbonyl (C=O) groups is 2. The lowest BCUT2D eigenvalue weighted by molar-refractivity contribution is -0.141. The summed E-state index contributed by atoms with van der Waals surface area (Å²) in [5.74, 6) is 0.354. The zero-order valence-electron chi connectivity index (χ0n) is 17.0. The Morgan fingerprint density at radius 3 is 2.52 bits per heavy atom. The summed E-state index contributed by atoms with van der Waals surface area (Å²) >= 11 is 0. The van der Waals surface area contributed by atoms with Crippen molar-refractivity contribution >= 4 is 23.3 Å². The van der Waals surface area contributed by atoms with Gasteiger partial charge in [-0.1, -0.05) is 18.2 Å². The Morgan fingerprint density at radius 1 is 1.06 bits per heavy atom. The minimum atomic E-state index is -0.780. The van der Waals surface area contributed by atoms with Gasteiger partial charge >= 0.3 is 5.97 Å². The Morgan fingerprint density at radius 2 is 1.81 bits per heavy atom. The molecule has 0 N–H and O–H groups in total. The number of ether oxygens (including phenoxy) is 2. The first kappa shape index (κ1) is 20.3. The second-order valence-electron chi connectivity index (χ2n) is 6.81. The number of hydrogen-bond acceptors (Lipinski definition) is 8. The molecule has 0 saturated carbocycles. The second-order valence-corrected chi connectivity index (χ2v) is 6.81. The lowest BCUT2D eigenvalue weighted by Gasteiger charge is -2.23. The molecule has 0 saturated heterocycles. The number of rotatable bonds is 6. The van der Waals surface area contributed by atoms with Crippen LogP contribution in [0.5, 0.6) is 5.75 Å². The molecule has 1 amide bonds. The first-order valence-electron chi connectivity index (χ1n) is 9.69. The van der Waals surface area contributed by atoms with Crippen LogP contribution in [0, 0.1) is 0 Å². The highest BCUT2D eigenvalue weighted by Gasteiger charge is 2.28. The highest BCUT2D eigenvalue weighted by atomic mass is 16.6. The molecule has 158 valence electrons. The van der Waals surface area contributed by atoms with E-state index in [9.17, 15) is 9.59 Å². The lowest BCUT2D eigenvalue weighted by Crippen LogP contribution is -2.35. The molecule has 0 aliphatic carbocycles. The smallest absolute Gasteiger partial charge is 0.355 e. The molecule has 1 aliphatic heterocycles. The number of nitrogens with zero attached hydrogens (tertiary/aromatic N) is 4. The van der Waals surface area contributed by atoms with Crippen molar-refractivity contribution < 1.29 is 23.5 Å². The lowest BCUT2D eigenvalue weighted by atomic mass is 10.1. The van der Waals surface area contributed by atoms with E-state index in [1.165, 1.54) is 5.01 Å². The van der Waals surface area contributed by atoms with Crippen LogP contribution in [0.1, 0.15) is 31.8 Å². The van der Waals surface area contributed by atoms with Crippen molar-refractivity contribution in [3.05, 3.63) is 60.5 Å².